The van der Waals surface area contributed by atoms with Crippen molar-refractivity contribution in [2.75, 3.05) is 5.43 Å². The molecule has 2 aromatic rings. The summed E-state index contributed by atoms with van der Waals surface area (Å²) in [6, 6.07) is 12.0. The van der Waals surface area contributed by atoms with Gasteiger partial charge in [0.25, 0.3) is 0 Å². The van der Waals surface area contributed by atoms with Crippen LogP contribution in [0.3, 0.4) is 0 Å². The van der Waals surface area contributed by atoms with E-state index < -0.39 is 11.7 Å². The third-order valence-corrected chi connectivity index (χ3v) is 2.84. The maximum Gasteiger partial charge on any atom is 0.426 e. The van der Waals surface area contributed by atoms with Crippen LogP contribution in [0.25, 0.3) is 10.8 Å². The monoisotopic (exact) mass is 272 g/mol. The number of benzene rings is 2. The van der Waals surface area contributed by atoms with E-state index in [-0.39, 0.29) is 0 Å². The molecule has 0 heterocycles. The summed E-state index contributed by atoms with van der Waals surface area (Å²) in [7, 11) is 0. The standard InChI is InChI=1S/C16H20N2O2/c1-11-9-10-14(13-8-6-5-7-12(11)13)17-18-15(19)20-16(2,3)4/h5-10,17H,1-4H3,(H,18,19). The summed E-state index contributed by atoms with van der Waals surface area (Å²) in [6.07, 6.45) is -0.498. The number of fused-ring (bicyclic) bond motifs is 1. The Morgan fingerprint density at radius 3 is 2.35 bits per heavy atom. The van der Waals surface area contributed by atoms with Gasteiger partial charge in [0.05, 0.1) is 5.69 Å². The van der Waals surface area contributed by atoms with Gasteiger partial charge in [-0.25, -0.2) is 10.2 Å². The minimum Gasteiger partial charge on any atom is -0.443 e. The molecule has 0 saturated heterocycles. The Kier molecular flexibility index (Phi) is 3.84. The van der Waals surface area contributed by atoms with E-state index in [4.69, 9.17) is 4.74 Å². The third kappa shape index (κ3) is 3.41. The van der Waals surface area contributed by atoms with Gasteiger partial charge in [0.15, 0.2) is 0 Å². The number of ether oxygens (including phenoxy) is 1. The van der Waals surface area contributed by atoms with Crippen LogP contribution in [0.15, 0.2) is 36.4 Å². The van der Waals surface area contributed by atoms with Crippen molar-refractivity contribution in [1.29, 1.82) is 0 Å². The zero-order chi connectivity index (χ0) is 14.8. The van der Waals surface area contributed by atoms with Crippen LogP contribution in [-0.2, 0) is 4.74 Å². The number of carbonyl (C=O) groups excluding carboxylic acids is 1. The van der Waals surface area contributed by atoms with Crippen LogP contribution in [0.5, 0.6) is 0 Å². The second-order valence-electron chi connectivity index (χ2n) is 5.73. The van der Waals surface area contributed by atoms with Gasteiger partial charge in [-0.2, -0.15) is 0 Å². The molecule has 0 spiro atoms. The van der Waals surface area contributed by atoms with Crippen molar-refractivity contribution in [3.8, 4) is 0 Å². The predicted molar refractivity (Wildman–Crippen MR) is 81.7 cm³/mol. The summed E-state index contributed by atoms with van der Waals surface area (Å²) >= 11 is 0. The minimum absolute atomic E-state index is 0.498. The molecule has 1 amide bonds. The summed E-state index contributed by atoms with van der Waals surface area (Å²) in [5.41, 5.74) is 7.00. The lowest BCUT2D eigenvalue weighted by molar-refractivity contribution is 0.0541. The molecule has 0 aliphatic carbocycles. The van der Waals surface area contributed by atoms with Crippen molar-refractivity contribution in [1.82, 2.24) is 5.43 Å². The number of amides is 1. The van der Waals surface area contributed by atoms with Gasteiger partial charge < -0.3 is 4.74 Å². The van der Waals surface area contributed by atoms with Crippen LogP contribution in [0.1, 0.15) is 26.3 Å². The van der Waals surface area contributed by atoms with E-state index in [0.29, 0.717) is 0 Å². The van der Waals surface area contributed by atoms with Gasteiger partial charge in [0, 0.05) is 5.39 Å². The normalized spacial score (nSPS) is 11.2. The quantitative estimate of drug-likeness (QED) is 0.812. The average molecular weight is 272 g/mol. The molecule has 4 nitrogen and oxygen atoms in total. The summed E-state index contributed by atoms with van der Waals surface area (Å²) in [5, 5.41) is 2.21. The molecule has 0 atom stereocenters. The molecule has 2 N–H and O–H groups in total. The van der Waals surface area contributed by atoms with Crippen molar-refractivity contribution >= 4 is 22.6 Å². The average Bonchev–Trinajstić information content (AvgIpc) is 2.36. The summed E-state index contributed by atoms with van der Waals surface area (Å²) in [6.45, 7) is 7.54. The number of anilines is 1. The minimum atomic E-state index is -0.513. The Bertz CT molecular complexity index is 630. The first kappa shape index (κ1) is 14.2. The number of carbonyl (C=O) groups is 1. The summed E-state index contributed by atoms with van der Waals surface area (Å²) in [4.78, 5) is 11.6. The molecule has 0 bridgehead atoms. The maximum absolute atomic E-state index is 11.6. The largest absolute Gasteiger partial charge is 0.443 e. The molecule has 0 radical (unpaired) electrons. The highest BCUT2D eigenvalue weighted by molar-refractivity contribution is 5.96. The van der Waals surface area contributed by atoms with E-state index >= 15 is 0 Å². The topological polar surface area (TPSA) is 50.4 Å². The van der Waals surface area contributed by atoms with Crippen LogP contribution in [-0.4, -0.2) is 11.7 Å². The van der Waals surface area contributed by atoms with Crippen LogP contribution < -0.4 is 10.9 Å². The first-order chi connectivity index (χ1) is 9.37. The van der Waals surface area contributed by atoms with Gasteiger partial charge in [-0.3, -0.25) is 5.43 Å². The first-order valence-electron chi connectivity index (χ1n) is 6.60. The fourth-order valence-electron chi connectivity index (χ4n) is 1.98. The molecule has 0 unspecified atom stereocenters. The Morgan fingerprint density at radius 2 is 1.70 bits per heavy atom. The van der Waals surface area contributed by atoms with Crippen LogP contribution >= 0.6 is 0 Å². The van der Waals surface area contributed by atoms with E-state index in [1.165, 1.54) is 5.56 Å². The molecule has 2 rings (SSSR count). The maximum atomic E-state index is 11.6. The lowest BCUT2D eigenvalue weighted by Crippen LogP contribution is -2.35. The van der Waals surface area contributed by atoms with Gasteiger partial charge >= 0.3 is 6.09 Å². The highest BCUT2D eigenvalue weighted by Gasteiger charge is 2.15. The van der Waals surface area contributed by atoms with E-state index in [9.17, 15) is 4.79 Å². The van der Waals surface area contributed by atoms with Gasteiger partial charge in [-0.15, -0.1) is 0 Å². The van der Waals surface area contributed by atoms with Crippen molar-refractivity contribution in [2.24, 2.45) is 0 Å². The Hall–Kier alpha value is -2.23. The Balaban J connectivity index is 2.15. The van der Waals surface area contributed by atoms with Crippen molar-refractivity contribution in [2.45, 2.75) is 33.3 Å². The lowest BCUT2D eigenvalue weighted by Gasteiger charge is -2.20. The fraction of sp³-hybridized carbons (Fsp3) is 0.312. The second-order valence-corrected chi connectivity index (χ2v) is 5.73. The number of aryl methyl sites for hydroxylation is 1. The number of hydrazine groups is 1. The third-order valence-electron chi connectivity index (χ3n) is 2.84. The summed E-state index contributed by atoms with van der Waals surface area (Å²) in [5.74, 6) is 0. The summed E-state index contributed by atoms with van der Waals surface area (Å²) < 4.78 is 5.18. The molecular weight excluding hydrogens is 252 g/mol. The van der Waals surface area contributed by atoms with Crippen LogP contribution in [0.2, 0.25) is 0 Å². The second kappa shape index (κ2) is 5.41. The number of nitrogens with one attached hydrogen (secondary N) is 2. The fourth-order valence-corrected chi connectivity index (χ4v) is 1.98. The molecule has 0 aliphatic rings. The first-order valence-corrected chi connectivity index (χ1v) is 6.60. The van der Waals surface area contributed by atoms with Gasteiger partial charge in [0.1, 0.15) is 5.60 Å². The van der Waals surface area contributed by atoms with E-state index in [1.54, 1.807) is 0 Å². The molecular formula is C16H20N2O2. The van der Waals surface area contributed by atoms with Gasteiger partial charge in [-0.05, 0) is 44.7 Å². The SMILES string of the molecule is Cc1ccc(NNC(=O)OC(C)(C)C)c2ccccc12. The molecule has 4 heteroatoms. The highest BCUT2D eigenvalue weighted by atomic mass is 16.6. The zero-order valence-corrected chi connectivity index (χ0v) is 12.3. The highest BCUT2D eigenvalue weighted by Crippen LogP contribution is 2.25. The number of rotatable bonds is 2. The van der Waals surface area contributed by atoms with Crippen LogP contribution in [0, 0.1) is 6.92 Å². The molecule has 0 saturated carbocycles. The smallest absolute Gasteiger partial charge is 0.426 e. The zero-order valence-electron chi connectivity index (χ0n) is 12.3. The number of hydrogen-bond acceptors (Lipinski definition) is 3. The molecule has 0 aliphatic heterocycles. The molecule has 20 heavy (non-hydrogen) atoms. The molecule has 0 fully saturated rings. The Labute approximate surface area is 119 Å². The van der Waals surface area contributed by atoms with Crippen LogP contribution in [0.4, 0.5) is 10.5 Å². The molecule has 106 valence electrons. The van der Waals surface area contributed by atoms with E-state index in [1.807, 2.05) is 51.1 Å². The van der Waals surface area contributed by atoms with Gasteiger partial charge in [-0.1, -0.05) is 30.3 Å². The Morgan fingerprint density at radius 1 is 1.05 bits per heavy atom. The molecule has 2 aromatic carbocycles. The van der Waals surface area contributed by atoms with Crippen molar-refractivity contribution in [3.63, 3.8) is 0 Å². The van der Waals surface area contributed by atoms with Crippen molar-refractivity contribution in [3.05, 3.63) is 42.0 Å². The number of hydrogen-bond donors (Lipinski definition) is 2. The van der Waals surface area contributed by atoms with Gasteiger partial charge in [0.2, 0.25) is 0 Å². The van der Waals surface area contributed by atoms with E-state index in [0.717, 1.165) is 16.5 Å². The molecule has 0 aromatic heterocycles. The predicted octanol–water partition coefficient (Wildman–Crippen LogP) is 4.00. The lowest BCUT2D eigenvalue weighted by atomic mass is 10.0. The van der Waals surface area contributed by atoms with E-state index in [2.05, 4.69) is 23.8 Å². The van der Waals surface area contributed by atoms with Crippen molar-refractivity contribution < 1.29 is 9.53 Å².